The third-order valence-corrected chi connectivity index (χ3v) is 3.05. The zero-order valence-electron chi connectivity index (χ0n) is 10.9. The minimum Gasteiger partial charge on any atom is -0.478 e. The standard InChI is InChI=1S/C13H21N3O/c1-4-6-17-12-7-9(3)14-13(16-12)15-11-8-10(11)5-2/h7,10-11H,4-6,8H2,1-3H3,(H,14,15,16). The normalized spacial score (nSPS) is 22.3. The molecule has 1 N–H and O–H groups in total. The van der Waals surface area contributed by atoms with Gasteiger partial charge in [0, 0.05) is 17.8 Å². The van der Waals surface area contributed by atoms with Crippen LogP contribution in [0.1, 0.15) is 38.8 Å². The van der Waals surface area contributed by atoms with E-state index in [2.05, 4.69) is 29.1 Å². The minimum atomic E-state index is 0.556. The molecule has 4 heteroatoms. The molecule has 17 heavy (non-hydrogen) atoms. The Morgan fingerprint density at radius 3 is 2.88 bits per heavy atom. The molecule has 1 aliphatic carbocycles. The van der Waals surface area contributed by atoms with Gasteiger partial charge in [0.15, 0.2) is 0 Å². The zero-order valence-corrected chi connectivity index (χ0v) is 10.9. The van der Waals surface area contributed by atoms with Gasteiger partial charge >= 0.3 is 0 Å². The lowest BCUT2D eigenvalue weighted by atomic mass is 10.3. The highest BCUT2D eigenvalue weighted by Crippen LogP contribution is 2.35. The van der Waals surface area contributed by atoms with Crippen molar-refractivity contribution in [3.8, 4) is 5.88 Å². The van der Waals surface area contributed by atoms with Gasteiger partial charge in [-0.2, -0.15) is 4.98 Å². The number of rotatable bonds is 6. The summed E-state index contributed by atoms with van der Waals surface area (Å²) >= 11 is 0. The molecule has 1 heterocycles. The Morgan fingerprint density at radius 1 is 1.41 bits per heavy atom. The fourth-order valence-electron chi connectivity index (χ4n) is 1.93. The van der Waals surface area contributed by atoms with Gasteiger partial charge in [-0.1, -0.05) is 20.3 Å². The van der Waals surface area contributed by atoms with E-state index in [-0.39, 0.29) is 0 Å². The summed E-state index contributed by atoms with van der Waals surface area (Å²) in [6, 6.07) is 2.44. The molecule has 0 bridgehead atoms. The third kappa shape index (κ3) is 3.32. The predicted molar refractivity (Wildman–Crippen MR) is 68.4 cm³/mol. The first-order valence-electron chi connectivity index (χ1n) is 6.48. The molecule has 0 aliphatic heterocycles. The van der Waals surface area contributed by atoms with Gasteiger partial charge in [0.2, 0.25) is 11.8 Å². The summed E-state index contributed by atoms with van der Waals surface area (Å²) in [5.41, 5.74) is 0.947. The van der Waals surface area contributed by atoms with Crippen molar-refractivity contribution in [2.45, 2.75) is 46.1 Å². The second-order valence-corrected chi connectivity index (χ2v) is 4.67. The van der Waals surface area contributed by atoms with Crippen LogP contribution in [0.5, 0.6) is 5.88 Å². The van der Waals surface area contributed by atoms with Crippen molar-refractivity contribution in [2.24, 2.45) is 5.92 Å². The van der Waals surface area contributed by atoms with Gasteiger partial charge in [-0.15, -0.1) is 0 Å². The van der Waals surface area contributed by atoms with Gasteiger partial charge in [0.1, 0.15) is 0 Å². The van der Waals surface area contributed by atoms with Gasteiger partial charge in [-0.25, -0.2) is 4.98 Å². The van der Waals surface area contributed by atoms with E-state index in [9.17, 15) is 0 Å². The van der Waals surface area contributed by atoms with Crippen molar-refractivity contribution in [3.05, 3.63) is 11.8 Å². The van der Waals surface area contributed by atoms with E-state index in [4.69, 9.17) is 4.74 Å². The SMILES string of the molecule is CCCOc1cc(C)nc(NC2CC2CC)n1. The molecule has 2 atom stereocenters. The summed E-state index contributed by atoms with van der Waals surface area (Å²) in [6.07, 6.45) is 3.45. The second kappa shape index (κ2) is 5.34. The van der Waals surface area contributed by atoms with Crippen molar-refractivity contribution in [2.75, 3.05) is 11.9 Å². The molecular weight excluding hydrogens is 214 g/mol. The lowest BCUT2D eigenvalue weighted by molar-refractivity contribution is 0.305. The summed E-state index contributed by atoms with van der Waals surface area (Å²) in [4.78, 5) is 8.76. The molecule has 0 radical (unpaired) electrons. The number of hydrogen-bond donors (Lipinski definition) is 1. The first kappa shape index (κ1) is 12.1. The first-order chi connectivity index (χ1) is 8.22. The van der Waals surface area contributed by atoms with Gasteiger partial charge in [-0.05, 0) is 25.7 Å². The van der Waals surface area contributed by atoms with E-state index in [0.29, 0.717) is 24.5 Å². The number of aromatic nitrogens is 2. The highest BCUT2D eigenvalue weighted by molar-refractivity contribution is 5.33. The number of ether oxygens (including phenoxy) is 1. The van der Waals surface area contributed by atoms with Crippen LogP contribution in [0.25, 0.3) is 0 Å². The number of nitrogens with zero attached hydrogens (tertiary/aromatic N) is 2. The van der Waals surface area contributed by atoms with E-state index in [1.54, 1.807) is 0 Å². The Morgan fingerprint density at radius 2 is 2.24 bits per heavy atom. The molecular formula is C13H21N3O. The summed E-state index contributed by atoms with van der Waals surface area (Å²) < 4.78 is 5.54. The summed E-state index contributed by atoms with van der Waals surface area (Å²) in [5.74, 6) is 2.17. The van der Waals surface area contributed by atoms with Gasteiger partial charge < -0.3 is 10.1 Å². The van der Waals surface area contributed by atoms with E-state index < -0.39 is 0 Å². The second-order valence-electron chi connectivity index (χ2n) is 4.67. The van der Waals surface area contributed by atoms with Crippen LogP contribution >= 0.6 is 0 Å². The lowest BCUT2D eigenvalue weighted by Gasteiger charge is -2.08. The Balaban J connectivity index is 1.99. The van der Waals surface area contributed by atoms with Crippen molar-refractivity contribution >= 4 is 5.95 Å². The Hall–Kier alpha value is -1.32. The topological polar surface area (TPSA) is 47.0 Å². The number of hydrogen-bond acceptors (Lipinski definition) is 4. The third-order valence-electron chi connectivity index (χ3n) is 3.05. The Kier molecular flexibility index (Phi) is 3.82. The molecule has 0 amide bonds. The molecule has 2 unspecified atom stereocenters. The van der Waals surface area contributed by atoms with E-state index in [1.807, 2.05) is 13.0 Å². The summed E-state index contributed by atoms with van der Waals surface area (Å²) in [7, 11) is 0. The number of aryl methyl sites for hydroxylation is 1. The van der Waals surface area contributed by atoms with Crippen molar-refractivity contribution < 1.29 is 4.74 Å². The average Bonchev–Trinajstić information content (AvgIpc) is 3.04. The molecule has 1 aliphatic rings. The summed E-state index contributed by atoms with van der Waals surface area (Å²) in [6.45, 7) is 6.98. The monoisotopic (exact) mass is 235 g/mol. The molecule has 0 saturated heterocycles. The van der Waals surface area contributed by atoms with Crippen LogP contribution in [-0.4, -0.2) is 22.6 Å². The first-order valence-corrected chi connectivity index (χ1v) is 6.48. The number of anilines is 1. The zero-order chi connectivity index (χ0) is 12.3. The highest BCUT2D eigenvalue weighted by atomic mass is 16.5. The van der Waals surface area contributed by atoms with Crippen molar-refractivity contribution in [1.29, 1.82) is 0 Å². The van der Waals surface area contributed by atoms with Crippen molar-refractivity contribution in [3.63, 3.8) is 0 Å². The molecule has 1 fully saturated rings. The predicted octanol–water partition coefficient (Wildman–Crippen LogP) is 2.78. The molecule has 1 aromatic rings. The van der Waals surface area contributed by atoms with Crippen LogP contribution in [0, 0.1) is 12.8 Å². The Bertz CT molecular complexity index is 381. The van der Waals surface area contributed by atoms with Gasteiger partial charge in [-0.3, -0.25) is 0 Å². The van der Waals surface area contributed by atoms with Gasteiger partial charge in [0.25, 0.3) is 0 Å². The average molecular weight is 235 g/mol. The molecule has 1 aromatic heterocycles. The van der Waals surface area contributed by atoms with Crippen LogP contribution in [-0.2, 0) is 0 Å². The van der Waals surface area contributed by atoms with E-state index in [0.717, 1.165) is 18.0 Å². The van der Waals surface area contributed by atoms with Crippen LogP contribution in [0.2, 0.25) is 0 Å². The fraction of sp³-hybridized carbons (Fsp3) is 0.692. The maximum absolute atomic E-state index is 5.54. The molecule has 4 nitrogen and oxygen atoms in total. The molecule has 0 spiro atoms. The molecule has 0 aromatic carbocycles. The molecule has 94 valence electrons. The van der Waals surface area contributed by atoms with Gasteiger partial charge in [0.05, 0.1) is 6.61 Å². The highest BCUT2D eigenvalue weighted by Gasteiger charge is 2.35. The van der Waals surface area contributed by atoms with Crippen LogP contribution < -0.4 is 10.1 Å². The lowest BCUT2D eigenvalue weighted by Crippen LogP contribution is -2.09. The molecule has 1 saturated carbocycles. The van der Waals surface area contributed by atoms with Crippen LogP contribution in [0.4, 0.5) is 5.95 Å². The maximum atomic E-state index is 5.54. The van der Waals surface area contributed by atoms with Crippen molar-refractivity contribution in [1.82, 2.24) is 9.97 Å². The largest absolute Gasteiger partial charge is 0.478 e. The maximum Gasteiger partial charge on any atom is 0.226 e. The fourth-order valence-corrected chi connectivity index (χ4v) is 1.93. The minimum absolute atomic E-state index is 0.556. The summed E-state index contributed by atoms with van der Waals surface area (Å²) in [5, 5.41) is 3.37. The van der Waals surface area contributed by atoms with E-state index >= 15 is 0 Å². The number of nitrogens with one attached hydrogen (secondary N) is 1. The van der Waals surface area contributed by atoms with Crippen LogP contribution in [0.3, 0.4) is 0 Å². The smallest absolute Gasteiger partial charge is 0.226 e. The molecule has 2 rings (SSSR count). The van der Waals surface area contributed by atoms with E-state index in [1.165, 1.54) is 12.8 Å². The Labute approximate surface area is 103 Å². The van der Waals surface area contributed by atoms with Crippen LogP contribution in [0.15, 0.2) is 6.07 Å². The quantitative estimate of drug-likeness (QED) is 0.823.